The highest BCUT2D eigenvalue weighted by molar-refractivity contribution is 5.92. The molecule has 0 aromatic carbocycles. The predicted octanol–water partition coefficient (Wildman–Crippen LogP) is 2.19. The van der Waals surface area contributed by atoms with Crippen LogP contribution in [0, 0.1) is 0 Å². The van der Waals surface area contributed by atoms with Gasteiger partial charge in [-0.25, -0.2) is 0 Å². The van der Waals surface area contributed by atoms with E-state index in [2.05, 4.69) is 22.5 Å². The average molecular weight is 233 g/mol. The maximum absolute atomic E-state index is 11.5. The average Bonchev–Trinajstić information content (AvgIpc) is 2.33. The Labute approximate surface area is 102 Å². The lowest BCUT2D eigenvalue weighted by Crippen LogP contribution is -2.44. The summed E-state index contributed by atoms with van der Waals surface area (Å²) in [5.41, 5.74) is 1.68. The van der Waals surface area contributed by atoms with Crippen molar-refractivity contribution in [3.63, 3.8) is 0 Å². The maximum atomic E-state index is 11.5. The first-order chi connectivity index (χ1) is 8.19. The fourth-order valence-electron chi connectivity index (χ4n) is 2.24. The third-order valence-corrected chi connectivity index (χ3v) is 3.62. The number of nitrogens with zero attached hydrogens (tertiary/aromatic N) is 1. The highest BCUT2D eigenvalue weighted by atomic mass is 16.1. The Kier molecular flexibility index (Phi) is 3.31. The van der Waals surface area contributed by atoms with Gasteiger partial charge in [-0.2, -0.15) is 0 Å². The van der Waals surface area contributed by atoms with Crippen molar-refractivity contribution >= 4 is 11.6 Å². The molecule has 0 aliphatic heterocycles. The van der Waals surface area contributed by atoms with E-state index < -0.39 is 0 Å². The summed E-state index contributed by atoms with van der Waals surface area (Å²) in [4.78, 5) is 15.5. The molecule has 17 heavy (non-hydrogen) atoms. The largest absolute Gasteiger partial charge is 0.380 e. The number of pyridine rings is 1. The smallest absolute Gasteiger partial charge is 0.269 e. The number of nitrogens with one attached hydrogen (secondary N) is 2. The minimum atomic E-state index is -0.146. The van der Waals surface area contributed by atoms with Gasteiger partial charge in [-0.1, -0.05) is 6.92 Å². The molecule has 1 heterocycles. The molecule has 1 amide bonds. The lowest BCUT2D eigenvalue weighted by Gasteiger charge is -2.43. The van der Waals surface area contributed by atoms with Gasteiger partial charge in [0, 0.05) is 24.5 Å². The van der Waals surface area contributed by atoms with Crippen LogP contribution in [0.15, 0.2) is 18.3 Å². The quantitative estimate of drug-likeness (QED) is 0.838. The lowest BCUT2D eigenvalue weighted by atomic mass is 9.74. The molecule has 4 heteroatoms. The van der Waals surface area contributed by atoms with E-state index in [0.717, 1.165) is 12.1 Å². The minimum Gasteiger partial charge on any atom is -0.380 e. The van der Waals surface area contributed by atoms with Crippen LogP contribution >= 0.6 is 0 Å². The van der Waals surface area contributed by atoms with Crippen LogP contribution in [-0.2, 0) is 0 Å². The molecule has 1 aromatic heterocycles. The molecule has 1 saturated carbocycles. The predicted molar refractivity (Wildman–Crippen MR) is 68.1 cm³/mol. The van der Waals surface area contributed by atoms with Gasteiger partial charge in [-0.15, -0.1) is 0 Å². The van der Waals surface area contributed by atoms with Crippen molar-refractivity contribution in [2.75, 3.05) is 12.4 Å². The van der Waals surface area contributed by atoms with Crippen LogP contribution in [0.3, 0.4) is 0 Å². The van der Waals surface area contributed by atoms with Gasteiger partial charge in [0.25, 0.3) is 5.91 Å². The number of carbonyl (C=O) groups is 1. The SMILES string of the molecule is CCC1(Nc2ccnc(C(=O)NC)c2)CCC1. The van der Waals surface area contributed by atoms with E-state index in [-0.39, 0.29) is 11.4 Å². The minimum absolute atomic E-state index is 0.146. The van der Waals surface area contributed by atoms with Crippen LogP contribution in [0.4, 0.5) is 5.69 Å². The zero-order valence-corrected chi connectivity index (χ0v) is 10.4. The van der Waals surface area contributed by atoms with Gasteiger partial charge in [-0.05, 0) is 37.8 Å². The number of amides is 1. The fraction of sp³-hybridized carbons (Fsp3) is 0.538. The van der Waals surface area contributed by atoms with E-state index in [0.29, 0.717) is 5.69 Å². The van der Waals surface area contributed by atoms with Crippen molar-refractivity contribution in [1.29, 1.82) is 0 Å². The summed E-state index contributed by atoms with van der Waals surface area (Å²) in [6.07, 6.45) is 6.50. The fourth-order valence-corrected chi connectivity index (χ4v) is 2.24. The van der Waals surface area contributed by atoms with Crippen molar-refractivity contribution in [3.8, 4) is 0 Å². The van der Waals surface area contributed by atoms with E-state index in [1.807, 2.05) is 12.1 Å². The molecular weight excluding hydrogens is 214 g/mol. The Morgan fingerprint density at radius 1 is 1.53 bits per heavy atom. The summed E-state index contributed by atoms with van der Waals surface area (Å²) in [7, 11) is 1.61. The highest BCUT2D eigenvalue weighted by Crippen LogP contribution is 2.37. The monoisotopic (exact) mass is 233 g/mol. The molecule has 2 rings (SSSR count). The third-order valence-electron chi connectivity index (χ3n) is 3.62. The molecular formula is C13H19N3O. The van der Waals surface area contributed by atoms with Gasteiger partial charge in [0.2, 0.25) is 0 Å². The van der Waals surface area contributed by atoms with E-state index in [1.165, 1.54) is 19.3 Å². The molecule has 2 N–H and O–H groups in total. The lowest BCUT2D eigenvalue weighted by molar-refractivity contribution is 0.0958. The normalized spacial score (nSPS) is 17.1. The topological polar surface area (TPSA) is 54.0 Å². The Balaban J connectivity index is 2.13. The zero-order chi connectivity index (χ0) is 12.3. The van der Waals surface area contributed by atoms with E-state index >= 15 is 0 Å². The van der Waals surface area contributed by atoms with Crippen molar-refractivity contribution < 1.29 is 4.79 Å². The van der Waals surface area contributed by atoms with Gasteiger partial charge in [0.15, 0.2) is 0 Å². The summed E-state index contributed by atoms with van der Waals surface area (Å²) in [5, 5.41) is 6.12. The summed E-state index contributed by atoms with van der Waals surface area (Å²) in [5.74, 6) is -0.146. The number of hydrogen-bond acceptors (Lipinski definition) is 3. The van der Waals surface area contributed by atoms with Crippen LogP contribution in [0.5, 0.6) is 0 Å². The molecule has 1 aromatic rings. The summed E-state index contributed by atoms with van der Waals surface area (Å²) >= 11 is 0. The molecule has 1 fully saturated rings. The number of rotatable bonds is 4. The van der Waals surface area contributed by atoms with Crippen molar-refractivity contribution in [2.24, 2.45) is 0 Å². The molecule has 1 aliphatic carbocycles. The second-order valence-electron chi connectivity index (χ2n) is 4.62. The Hall–Kier alpha value is -1.58. The number of hydrogen-bond donors (Lipinski definition) is 2. The Morgan fingerprint density at radius 3 is 2.82 bits per heavy atom. The molecule has 0 radical (unpaired) electrons. The first kappa shape index (κ1) is 11.9. The summed E-state index contributed by atoms with van der Waals surface area (Å²) in [6, 6.07) is 3.73. The van der Waals surface area contributed by atoms with Gasteiger partial charge >= 0.3 is 0 Å². The molecule has 0 saturated heterocycles. The Morgan fingerprint density at radius 2 is 2.29 bits per heavy atom. The molecule has 4 nitrogen and oxygen atoms in total. The molecule has 0 spiro atoms. The second-order valence-corrected chi connectivity index (χ2v) is 4.62. The molecule has 0 unspecified atom stereocenters. The van der Waals surface area contributed by atoms with E-state index in [1.54, 1.807) is 13.2 Å². The van der Waals surface area contributed by atoms with Crippen molar-refractivity contribution in [1.82, 2.24) is 10.3 Å². The van der Waals surface area contributed by atoms with E-state index in [4.69, 9.17) is 0 Å². The molecule has 92 valence electrons. The van der Waals surface area contributed by atoms with E-state index in [9.17, 15) is 4.79 Å². The van der Waals surface area contributed by atoms with Gasteiger partial charge < -0.3 is 10.6 Å². The zero-order valence-electron chi connectivity index (χ0n) is 10.4. The maximum Gasteiger partial charge on any atom is 0.269 e. The number of anilines is 1. The van der Waals surface area contributed by atoms with Crippen LogP contribution in [0.2, 0.25) is 0 Å². The van der Waals surface area contributed by atoms with Crippen LogP contribution in [0.1, 0.15) is 43.1 Å². The van der Waals surface area contributed by atoms with Crippen LogP contribution < -0.4 is 10.6 Å². The number of aromatic nitrogens is 1. The first-order valence-electron chi connectivity index (χ1n) is 6.15. The standard InChI is InChI=1S/C13H19N3O/c1-3-13(6-4-7-13)16-10-5-8-15-11(9-10)12(17)14-2/h5,8-9H,3-4,6-7H2,1-2H3,(H,14,17)(H,15,16). The summed E-state index contributed by atoms with van der Waals surface area (Å²) in [6.45, 7) is 2.20. The molecule has 0 atom stereocenters. The van der Waals surface area contributed by atoms with Crippen molar-refractivity contribution in [2.45, 2.75) is 38.1 Å². The first-order valence-corrected chi connectivity index (χ1v) is 6.15. The molecule has 0 bridgehead atoms. The second kappa shape index (κ2) is 4.73. The van der Waals surface area contributed by atoms with Gasteiger partial charge in [0.05, 0.1) is 0 Å². The van der Waals surface area contributed by atoms with Gasteiger partial charge in [-0.3, -0.25) is 9.78 Å². The molecule has 1 aliphatic rings. The van der Waals surface area contributed by atoms with Crippen LogP contribution in [-0.4, -0.2) is 23.5 Å². The van der Waals surface area contributed by atoms with Crippen molar-refractivity contribution in [3.05, 3.63) is 24.0 Å². The Bertz CT molecular complexity index is 407. The number of carbonyl (C=O) groups excluding carboxylic acids is 1. The van der Waals surface area contributed by atoms with Gasteiger partial charge in [0.1, 0.15) is 5.69 Å². The third kappa shape index (κ3) is 2.40. The summed E-state index contributed by atoms with van der Waals surface area (Å²) < 4.78 is 0. The highest BCUT2D eigenvalue weighted by Gasteiger charge is 2.34. The van der Waals surface area contributed by atoms with Crippen LogP contribution in [0.25, 0.3) is 0 Å².